The Bertz CT molecular complexity index is 83.0. The van der Waals surface area contributed by atoms with Crippen molar-refractivity contribution in [3.8, 4) is 0 Å². The molecule has 0 fully saturated rings. The monoisotopic (exact) mass is 135 g/mol. The topological polar surface area (TPSA) is 43.1 Å². The van der Waals surface area contributed by atoms with E-state index in [1.165, 1.54) is 11.8 Å². The molecule has 0 radical (unpaired) electrons. The van der Waals surface area contributed by atoms with Gasteiger partial charge in [0, 0.05) is 0 Å². The molecule has 0 aliphatic carbocycles. The van der Waals surface area contributed by atoms with E-state index in [0.29, 0.717) is 10.1 Å². The van der Waals surface area contributed by atoms with Crippen molar-refractivity contribution in [2.75, 3.05) is 5.75 Å². The number of aldehydes is 1. The van der Waals surface area contributed by atoms with Gasteiger partial charge in [-0.3, -0.25) is 0 Å². The van der Waals surface area contributed by atoms with Gasteiger partial charge < -0.3 is 10.5 Å². The lowest BCUT2D eigenvalue weighted by Gasteiger charge is -1.85. The molecule has 0 heterocycles. The number of thioether (sulfide) groups is 1. The zero-order valence-corrected chi connectivity index (χ0v) is 5.22. The molecule has 0 aromatic heterocycles. The number of carbonyl (C=O) groups excluding carboxylic acids is 1. The molecule has 0 atom stereocenters. The summed E-state index contributed by atoms with van der Waals surface area (Å²) in [7, 11) is 0. The lowest BCUT2D eigenvalue weighted by Crippen LogP contribution is -2.02. The Morgan fingerprint density at radius 2 is 2.57 bits per heavy atom. The molecule has 7 heavy (non-hydrogen) atoms. The molecule has 0 aromatic rings. The van der Waals surface area contributed by atoms with Gasteiger partial charge in [-0.15, -0.1) is 0 Å². The fraction of sp³-hybridized carbons (Fsp3) is 0.333. The Labute approximate surface area is 51.5 Å². The van der Waals surface area contributed by atoms with E-state index in [4.69, 9.17) is 5.73 Å². The highest BCUT2D eigenvalue weighted by Crippen LogP contribution is 1.94. The molecule has 0 saturated heterocycles. The van der Waals surface area contributed by atoms with Gasteiger partial charge in [0.15, 0.2) is 0 Å². The quantitative estimate of drug-likeness (QED) is 0.433. The van der Waals surface area contributed by atoms with E-state index in [9.17, 15) is 4.79 Å². The first-order chi connectivity index (χ1) is 3.27. The van der Waals surface area contributed by atoms with E-state index in [1.807, 2.05) is 0 Å². The normalized spacial score (nSPS) is 8.00. The third kappa shape index (κ3) is 5.91. The third-order valence-corrected chi connectivity index (χ3v) is 1.23. The van der Waals surface area contributed by atoms with Crippen LogP contribution < -0.4 is 5.73 Å². The van der Waals surface area contributed by atoms with Crippen molar-refractivity contribution in [1.82, 2.24) is 0 Å². The summed E-state index contributed by atoms with van der Waals surface area (Å²) in [5.74, 6) is 0.370. The molecule has 0 aliphatic heterocycles. The summed E-state index contributed by atoms with van der Waals surface area (Å²) < 4.78 is 0.326. The number of carbonyl (C=O) groups is 1. The van der Waals surface area contributed by atoms with Gasteiger partial charge in [0.1, 0.15) is 10.6 Å². The van der Waals surface area contributed by atoms with Gasteiger partial charge in [0.25, 0.3) is 0 Å². The Balaban J connectivity index is 2.97. The van der Waals surface area contributed by atoms with E-state index in [2.05, 4.69) is 12.2 Å². The van der Waals surface area contributed by atoms with Crippen LogP contribution in [0.4, 0.5) is 0 Å². The van der Waals surface area contributed by atoms with Crippen LogP contribution in [0.3, 0.4) is 0 Å². The summed E-state index contributed by atoms with van der Waals surface area (Å²) in [4.78, 5) is 9.57. The van der Waals surface area contributed by atoms with Crippen molar-refractivity contribution in [2.24, 2.45) is 5.73 Å². The first kappa shape index (κ1) is 6.91. The van der Waals surface area contributed by atoms with Gasteiger partial charge in [0.2, 0.25) is 0 Å². The first-order valence-corrected chi connectivity index (χ1v) is 3.02. The average Bonchev–Trinajstić information content (AvgIpc) is 1.61. The molecular formula is C3H5NOS2. The summed E-state index contributed by atoms with van der Waals surface area (Å²) in [6.45, 7) is 0. The van der Waals surface area contributed by atoms with Crippen molar-refractivity contribution >= 4 is 34.6 Å². The van der Waals surface area contributed by atoms with Gasteiger partial charge in [-0.25, -0.2) is 0 Å². The summed E-state index contributed by atoms with van der Waals surface area (Å²) in [6, 6.07) is 0. The smallest absolute Gasteiger partial charge is 0.131 e. The maximum absolute atomic E-state index is 9.57. The zero-order valence-electron chi connectivity index (χ0n) is 3.59. The molecule has 0 aromatic carbocycles. The van der Waals surface area contributed by atoms with Crippen molar-refractivity contribution in [3.63, 3.8) is 0 Å². The Kier molecular flexibility index (Phi) is 4.03. The minimum absolute atomic E-state index is 0.326. The molecule has 2 nitrogen and oxygen atoms in total. The molecule has 0 saturated carbocycles. The van der Waals surface area contributed by atoms with Crippen LogP contribution in [0.25, 0.3) is 0 Å². The number of hydrogen-bond donors (Lipinski definition) is 1. The summed E-state index contributed by atoms with van der Waals surface area (Å²) in [6.07, 6.45) is 0.768. The highest BCUT2D eigenvalue weighted by Gasteiger charge is 1.84. The van der Waals surface area contributed by atoms with E-state index in [1.54, 1.807) is 0 Å². The number of nitrogens with two attached hydrogens (primary N) is 1. The van der Waals surface area contributed by atoms with Crippen molar-refractivity contribution in [2.45, 2.75) is 0 Å². The molecule has 0 unspecified atom stereocenters. The molecule has 0 aliphatic rings. The van der Waals surface area contributed by atoms with Gasteiger partial charge in [-0.2, -0.15) is 0 Å². The van der Waals surface area contributed by atoms with Crippen LogP contribution in [-0.2, 0) is 4.79 Å². The standard InChI is InChI=1S/C3H5NOS2/c4-3(6)7-2-1-5/h1H,2H2,(H2,4,6). The molecule has 0 bridgehead atoms. The highest BCUT2D eigenvalue weighted by atomic mass is 32.2. The SMILES string of the molecule is NC(=S)SCC=O. The van der Waals surface area contributed by atoms with E-state index >= 15 is 0 Å². The minimum atomic E-state index is 0.326. The predicted octanol–water partition coefficient (Wildman–Crippen LogP) is 0.162. The van der Waals surface area contributed by atoms with E-state index < -0.39 is 0 Å². The van der Waals surface area contributed by atoms with Crippen LogP contribution in [0.2, 0.25) is 0 Å². The highest BCUT2D eigenvalue weighted by molar-refractivity contribution is 8.23. The second-order valence-electron chi connectivity index (χ2n) is 0.797. The summed E-state index contributed by atoms with van der Waals surface area (Å²) >= 11 is 5.62. The second-order valence-corrected chi connectivity index (χ2v) is 2.56. The Hall–Kier alpha value is -0.0900. The number of rotatable bonds is 2. The molecule has 40 valence electrons. The van der Waals surface area contributed by atoms with Gasteiger partial charge in [-0.1, -0.05) is 24.0 Å². The Morgan fingerprint density at radius 1 is 2.00 bits per heavy atom. The molecule has 4 heteroatoms. The lowest BCUT2D eigenvalue weighted by atomic mass is 10.9. The van der Waals surface area contributed by atoms with Crippen LogP contribution in [-0.4, -0.2) is 16.4 Å². The van der Waals surface area contributed by atoms with Crippen LogP contribution in [0.15, 0.2) is 0 Å². The molecule has 2 N–H and O–H groups in total. The largest absolute Gasteiger partial charge is 0.385 e. The van der Waals surface area contributed by atoms with Crippen molar-refractivity contribution in [3.05, 3.63) is 0 Å². The maximum atomic E-state index is 9.57. The van der Waals surface area contributed by atoms with Gasteiger partial charge >= 0.3 is 0 Å². The van der Waals surface area contributed by atoms with Crippen LogP contribution in [0, 0.1) is 0 Å². The van der Waals surface area contributed by atoms with Gasteiger partial charge in [-0.05, 0) is 0 Å². The van der Waals surface area contributed by atoms with Crippen LogP contribution >= 0.6 is 24.0 Å². The Morgan fingerprint density at radius 3 is 2.71 bits per heavy atom. The molecule has 0 amide bonds. The fourth-order valence-electron chi connectivity index (χ4n) is 0.116. The fourth-order valence-corrected chi connectivity index (χ4v) is 0.553. The lowest BCUT2D eigenvalue weighted by molar-refractivity contribution is -0.105. The van der Waals surface area contributed by atoms with Crippen LogP contribution in [0.1, 0.15) is 0 Å². The van der Waals surface area contributed by atoms with E-state index in [0.717, 1.165) is 6.29 Å². The van der Waals surface area contributed by atoms with Crippen molar-refractivity contribution in [1.29, 1.82) is 0 Å². The average molecular weight is 135 g/mol. The maximum Gasteiger partial charge on any atom is 0.131 e. The summed E-state index contributed by atoms with van der Waals surface area (Å²) in [5, 5.41) is 0. The summed E-state index contributed by atoms with van der Waals surface area (Å²) in [5.41, 5.74) is 5.01. The molecule has 0 spiro atoms. The number of hydrogen-bond acceptors (Lipinski definition) is 3. The molecular weight excluding hydrogens is 130 g/mol. The second kappa shape index (κ2) is 4.08. The predicted molar refractivity (Wildman–Crippen MR) is 35.3 cm³/mol. The van der Waals surface area contributed by atoms with Crippen LogP contribution in [0.5, 0.6) is 0 Å². The minimum Gasteiger partial charge on any atom is -0.385 e. The zero-order chi connectivity index (χ0) is 5.70. The third-order valence-electron chi connectivity index (χ3n) is 0.294. The van der Waals surface area contributed by atoms with E-state index in [-0.39, 0.29) is 0 Å². The van der Waals surface area contributed by atoms with Gasteiger partial charge in [0.05, 0.1) is 5.75 Å². The first-order valence-electron chi connectivity index (χ1n) is 1.63. The van der Waals surface area contributed by atoms with Crippen molar-refractivity contribution < 1.29 is 4.79 Å². The number of thiocarbonyl (C=S) groups is 1. The molecule has 0 rings (SSSR count).